The van der Waals surface area contributed by atoms with Crippen LogP contribution in [0.4, 0.5) is 37.7 Å². The molecule has 0 unspecified atom stereocenters. The normalized spacial score (nSPS) is 11.1. The first-order valence-electron chi connectivity index (χ1n) is 18.9. The van der Waals surface area contributed by atoms with Crippen molar-refractivity contribution in [3.63, 3.8) is 0 Å². The van der Waals surface area contributed by atoms with Crippen LogP contribution < -0.4 is 20.1 Å². The Kier molecular flexibility index (Phi) is 15.3. The Bertz CT molecular complexity index is 2790. The minimum Gasteiger partial charge on any atom is -0.457 e. The molecule has 7 aromatic rings. The Balaban J connectivity index is 0.000000216. The van der Waals surface area contributed by atoms with E-state index in [4.69, 9.17) is 37.9 Å². The fraction of sp³-hybridized carbons (Fsp3) is 0.136. The van der Waals surface area contributed by atoms with E-state index in [1.165, 1.54) is 24.4 Å². The fourth-order valence-corrected chi connectivity index (χ4v) is 6.18. The molecule has 0 bridgehead atoms. The van der Waals surface area contributed by atoms with E-state index in [0.29, 0.717) is 47.4 Å². The lowest BCUT2D eigenvalue weighted by atomic mass is 10.1. The largest absolute Gasteiger partial charge is 0.457 e. The van der Waals surface area contributed by atoms with Crippen LogP contribution in [-0.2, 0) is 34.8 Å². The number of benzene rings is 4. The fourth-order valence-electron chi connectivity index (χ4n) is 5.73. The number of rotatable bonds is 13. The number of tetrazole rings is 1. The monoisotopic (exact) mass is 933 g/mol. The van der Waals surface area contributed by atoms with Crippen LogP contribution in [0.25, 0.3) is 11.5 Å². The number of pyridine rings is 2. The number of H-pyrrole nitrogens is 1. The number of carbonyl (C=O) groups excluding carboxylic acids is 2. The highest BCUT2D eigenvalue weighted by molar-refractivity contribution is 6.31. The molecular formula is C44H31Cl2F6N9O4. The zero-order valence-electron chi connectivity index (χ0n) is 33.2. The maximum atomic E-state index is 13.0. The van der Waals surface area contributed by atoms with E-state index >= 15 is 0 Å². The number of nitrogens with zero attached hydrogens (tertiary/aromatic N) is 6. The number of aryl methyl sites for hydroxylation is 2. The first-order chi connectivity index (χ1) is 31.0. The number of nitrogens with one attached hydrogen (secondary N) is 3. The molecule has 0 atom stereocenters. The Morgan fingerprint density at radius 1 is 0.631 bits per heavy atom. The minimum atomic E-state index is -4.60. The maximum absolute atomic E-state index is 13.0. The second-order valence-corrected chi connectivity index (χ2v) is 14.4. The summed E-state index contributed by atoms with van der Waals surface area (Å²) in [5, 5.41) is 26.5. The van der Waals surface area contributed by atoms with Gasteiger partial charge in [0.05, 0.1) is 21.2 Å². The van der Waals surface area contributed by atoms with Gasteiger partial charge in [-0.1, -0.05) is 47.5 Å². The topological polar surface area (TPSA) is 181 Å². The third-order valence-electron chi connectivity index (χ3n) is 8.86. The Morgan fingerprint density at radius 3 is 1.55 bits per heavy atom. The molecule has 21 heteroatoms. The number of alkyl halides is 6. The van der Waals surface area contributed by atoms with E-state index in [1.807, 2.05) is 6.07 Å². The van der Waals surface area contributed by atoms with Crippen molar-refractivity contribution in [3.05, 3.63) is 160 Å². The first kappa shape index (κ1) is 46.9. The van der Waals surface area contributed by atoms with Gasteiger partial charge >= 0.3 is 12.4 Å². The van der Waals surface area contributed by atoms with Crippen LogP contribution in [0.5, 0.6) is 23.0 Å². The summed E-state index contributed by atoms with van der Waals surface area (Å²) in [4.78, 5) is 32.3. The summed E-state index contributed by atoms with van der Waals surface area (Å²) in [5.74, 6) is 1.62. The standard InChI is InChI=1S/C22H16ClF3N6O2.C22H15ClF3N3O2/c23-18-7-4-14(11-17(18)22(24,25)26)28-20(33)8-3-13-1-5-15(6-2-13)34-16-9-10-27-19(12-16)21-29-31-32-30-21;23-20-7-4-15(12-19(20)22(24,25)26)29-21(30)8-3-14-1-5-17(6-2-14)31-18-9-10-28-16(11-18)13-27/h1-2,4-7,9-12H,3,8H2,(H,28,33)(H,29,30,31,32);1-2,4-7,9-12H,3,8H2,(H,29,30). The van der Waals surface area contributed by atoms with Crippen molar-refractivity contribution < 1.29 is 45.4 Å². The summed E-state index contributed by atoms with van der Waals surface area (Å²) >= 11 is 11.2. The van der Waals surface area contributed by atoms with Gasteiger partial charge in [0.2, 0.25) is 17.6 Å². The molecule has 65 heavy (non-hydrogen) atoms. The highest BCUT2D eigenvalue weighted by Gasteiger charge is 2.34. The van der Waals surface area contributed by atoms with Crippen molar-refractivity contribution in [2.75, 3.05) is 10.6 Å². The highest BCUT2D eigenvalue weighted by Crippen LogP contribution is 2.37. The second-order valence-electron chi connectivity index (χ2n) is 13.6. The summed E-state index contributed by atoms with van der Waals surface area (Å²) in [6, 6.07) is 29.0. The molecule has 0 fully saturated rings. The van der Waals surface area contributed by atoms with Crippen molar-refractivity contribution in [1.82, 2.24) is 30.6 Å². The summed E-state index contributed by atoms with van der Waals surface area (Å²) in [5.41, 5.74) is 0.501. The molecular weight excluding hydrogens is 903 g/mol. The molecule has 0 saturated carbocycles. The van der Waals surface area contributed by atoms with Gasteiger partial charge in [-0.2, -0.15) is 36.8 Å². The number of hydrogen-bond donors (Lipinski definition) is 3. The number of aromatic amines is 1. The van der Waals surface area contributed by atoms with Crippen LogP contribution in [0.3, 0.4) is 0 Å². The number of halogens is 8. The van der Waals surface area contributed by atoms with Gasteiger partial charge in [0.25, 0.3) is 0 Å². The van der Waals surface area contributed by atoms with Gasteiger partial charge in [-0.3, -0.25) is 14.6 Å². The molecule has 0 saturated heterocycles. The van der Waals surface area contributed by atoms with Crippen LogP contribution in [0, 0.1) is 11.3 Å². The lowest BCUT2D eigenvalue weighted by Crippen LogP contribution is -2.14. The lowest BCUT2D eigenvalue weighted by molar-refractivity contribution is -0.138. The Hall–Kier alpha value is -7.56. The summed E-state index contributed by atoms with van der Waals surface area (Å²) in [6.07, 6.45) is -5.22. The average Bonchev–Trinajstić information content (AvgIpc) is 3.83. The molecule has 0 aliphatic rings. The van der Waals surface area contributed by atoms with E-state index in [-0.39, 0.29) is 29.9 Å². The summed E-state index contributed by atoms with van der Waals surface area (Å²) in [7, 11) is 0. The molecule has 0 aliphatic carbocycles. The van der Waals surface area contributed by atoms with Crippen molar-refractivity contribution in [1.29, 1.82) is 5.26 Å². The zero-order chi connectivity index (χ0) is 46.6. The molecule has 7 rings (SSSR count). The Morgan fingerprint density at radius 2 is 1.11 bits per heavy atom. The van der Waals surface area contributed by atoms with Crippen molar-refractivity contribution in [2.45, 2.75) is 38.0 Å². The second kappa shape index (κ2) is 21.2. The third-order valence-corrected chi connectivity index (χ3v) is 9.52. The molecule has 4 aromatic carbocycles. The zero-order valence-corrected chi connectivity index (χ0v) is 34.7. The van der Waals surface area contributed by atoms with Crippen LogP contribution in [0.15, 0.2) is 122 Å². The van der Waals surface area contributed by atoms with Crippen LogP contribution in [0.1, 0.15) is 40.8 Å². The Labute approximate surface area is 375 Å². The van der Waals surface area contributed by atoms with Crippen LogP contribution in [0.2, 0.25) is 10.0 Å². The SMILES string of the molecule is N#Cc1cc(Oc2ccc(CCC(=O)Nc3ccc(Cl)c(C(F)(F)F)c3)cc2)ccn1.O=C(CCc1ccc(Oc2ccnc(-c3nn[nH]n3)c2)cc1)Nc1ccc(Cl)c(C(F)(F)F)c1. The van der Waals surface area contributed by atoms with E-state index in [9.17, 15) is 35.9 Å². The first-order valence-corrected chi connectivity index (χ1v) is 19.7. The lowest BCUT2D eigenvalue weighted by Gasteiger charge is -2.12. The number of carbonyl (C=O) groups is 2. The van der Waals surface area contributed by atoms with Crippen LogP contribution >= 0.6 is 23.2 Å². The summed E-state index contributed by atoms with van der Waals surface area (Å²) < 4.78 is 89.1. The van der Waals surface area contributed by atoms with E-state index < -0.39 is 45.3 Å². The van der Waals surface area contributed by atoms with Crippen molar-refractivity contribution in [2.24, 2.45) is 0 Å². The highest BCUT2D eigenvalue weighted by atomic mass is 35.5. The molecule has 0 spiro atoms. The van der Waals surface area contributed by atoms with E-state index in [0.717, 1.165) is 35.4 Å². The van der Waals surface area contributed by atoms with Gasteiger partial charge < -0.3 is 20.1 Å². The molecule has 3 aromatic heterocycles. The number of aromatic nitrogens is 6. The molecule has 0 radical (unpaired) electrons. The number of nitriles is 1. The number of ether oxygens (including phenoxy) is 2. The van der Waals surface area contributed by atoms with Gasteiger partial charge in [-0.15, -0.1) is 10.2 Å². The third kappa shape index (κ3) is 14.0. The minimum absolute atomic E-state index is 0.0274. The molecule has 332 valence electrons. The van der Waals surface area contributed by atoms with Gasteiger partial charge in [0, 0.05) is 48.7 Å². The van der Waals surface area contributed by atoms with Gasteiger partial charge in [0.15, 0.2) is 0 Å². The molecule has 3 heterocycles. The van der Waals surface area contributed by atoms with Gasteiger partial charge in [-0.05, 0) is 102 Å². The predicted molar refractivity (Wildman–Crippen MR) is 226 cm³/mol. The molecule has 13 nitrogen and oxygen atoms in total. The summed E-state index contributed by atoms with van der Waals surface area (Å²) in [6.45, 7) is 0. The average molecular weight is 935 g/mol. The molecule has 0 aliphatic heterocycles. The van der Waals surface area contributed by atoms with Crippen LogP contribution in [-0.4, -0.2) is 42.4 Å². The van der Waals surface area contributed by atoms with Gasteiger partial charge in [0.1, 0.15) is 40.5 Å². The van der Waals surface area contributed by atoms with Crippen molar-refractivity contribution in [3.8, 4) is 40.6 Å². The quantitative estimate of drug-likeness (QED) is 0.0942. The van der Waals surface area contributed by atoms with Crippen molar-refractivity contribution >= 4 is 46.4 Å². The number of anilines is 2. The van der Waals surface area contributed by atoms with E-state index in [2.05, 4.69) is 41.2 Å². The van der Waals surface area contributed by atoms with E-state index in [1.54, 1.807) is 72.9 Å². The smallest absolute Gasteiger partial charge is 0.417 e. The number of hydrogen-bond acceptors (Lipinski definition) is 10. The molecule has 2 amide bonds. The maximum Gasteiger partial charge on any atom is 0.417 e. The number of amides is 2. The molecule has 3 N–H and O–H groups in total. The predicted octanol–water partition coefficient (Wildman–Crippen LogP) is 11.3. The van der Waals surface area contributed by atoms with Gasteiger partial charge in [-0.25, -0.2) is 4.98 Å².